The Kier molecular flexibility index (Phi) is 3.82. The predicted molar refractivity (Wildman–Crippen MR) is 62.1 cm³/mol. The molecule has 0 atom stereocenters. The van der Waals surface area contributed by atoms with Crippen molar-refractivity contribution in [3.8, 4) is 0 Å². The molecule has 0 aliphatic heterocycles. The minimum atomic E-state index is -0.855. The van der Waals surface area contributed by atoms with E-state index in [0.717, 1.165) is 10.2 Å². The highest BCUT2D eigenvalue weighted by Gasteiger charge is 2.21. The lowest BCUT2D eigenvalue weighted by Gasteiger charge is -2.17. The van der Waals surface area contributed by atoms with E-state index >= 15 is 0 Å². The van der Waals surface area contributed by atoms with E-state index in [1.807, 2.05) is 12.1 Å². The van der Waals surface area contributed by atoms with Crippen molar-refractivity contribution >= 4 is 21.8 Å². The van der Waals surface area contributed by atoms with Crippen molar-refractivity contribution in [1.29, 1.82) is 0 Å². The number of hydrogen-bond acceptors (Lipinski definition) is 3. The number of hydrogen-bond donors (Lipinski definition) is 2. The number of aromatic nitrogens is 1. The molecule has 0 aromatic carbocycles. The Balaban J connectivity index is 2.55. The maximum Gasteiger partial charge on any atom is 0.239 e. The largest absolute Gasteiger partial charge is 0.349 e. The Morgan fingerprint density at radius 3 is 2.87 bits per heavy atom. The van der Waals surface area contributed by atoms with Gasteiger partial charge in [0.15, 0.2) is 0 Å². The van der Waals surface area contributed by atoms with E-state index in [1.54, 1.807) is 20.0 Å². The molecule has 1 rings (SSSR count). The third-order valence-corrected chi connectivity index (χ3v) is 2.29. The van der Waals surface area contributed by atoms with Crippen molar-refractivity contribution in [2.75, 3.05) is 0 Å². The van der Waals surface area contributed by atoms with Crippen LogP contribution in [0.2, 0.25) is 0 Å². The van der Waals surface area contributed by atoms with Crippen LogP contribution < -0.4 is 11.1 Å². The molecule has 82 valence electrons. The van der Waals surface area contributed by atoms with Gasteiger partial charge in [0.05, 0.1) is 17.8 Å². The maximum absolute atomic E-state index is 11.4. The smallest absolute Gasteiger partial charge is 0.239 e. The molecule has 1 aromatic rings. The molecule has 0 aliphatic carbocycles. The van der Waals surface area contributed by atoms with E-state index < -0.39 is 5.54 Å². The first-order valence-corrected chi connectivity index (χ1v) is 5.36. The Hall–Kier alpha value is -0.940. The van der Waals surface area contributed by atoms with E-state index in [9.17, 15) is 4.79 Å². The molecule has 1 heterocycles. The average molecular weight is 272 g/mol. The quantitative estimate of drug-likeness (QED) is 0.868. The van der Waals surface area contributed by atoms with E-state index in [0.29, 0.717) is 6.54 Å². The second-order valence-electron chi connectivity index (χ2n) is 3.87. The van der Waals surface area contributed by atoms with Crippen LogP contribution in [-0.2, 0) is 11.3 Å². The first-order valence-electron chi connectivity index (χ1n) is 4.57. The van der Waals surface area contributed by atoms with Gasteiger partial charge in [0.2, 0.25) is 5.91 Å². The monoisotopic (exact) mass is 271 g/mol. The van der Waals surface area contributed by atoms with E-state index in [4.69, 9.17) is 5.73 Å². The van der Waals surface area contributed by atoms with Crippen LogP contribution >= 0.6 is 15.9 Å². The first-order chi connectivity index (χ1) is 6.89. The normalized spacial score (nSPS) is 11.2. The second-order valence-corrected chi connectivity index (χ2v) is 4.79. The summed E-state index contributed by atoms with van der Waals surface area (Å²) in [5.41, 5.74) is 5.57. The summed E-state index contributed by atoms with van der Waals surface area (Å²) in [5.74, 6) is -0.190. The van der Waals surface area contributed by atoms with Gasteiger partial charge in [0.1, 0.15) is 0 Å². The number of nitrogens with zero attached hydrogens (tertiary/aromatic N) is 1. The Bertz CT molecular complexity index is 360. The van der Waals surface area contributed by atoms with Gasteiger partial charge in [-0.05, 0) is 26.0 Å². The van der Waals surface area contributed by atoms with Crippen LogP contribution in [0.1, 0.15) is 19.5 Å². The van der Waals surface area contributed by atoms with Gasteiger partial charge in [-0.3, -0.25) is 9.78 Å². The molecule has 0 aliphatic rings. The molecule has 0 saturated heterocycles. The third kappa shape index (κ3) is 3.97. The number of nitrogens with one attached hydrogen (secondary N) is 1. The zero-order valence-corrected chi connectivity index (χ0v) is 10.3. The van der Waals surface area contributed by atoms with Gasteiger partial charge in [-0.1, -0.05) is 15.9 Å². The van der Waals surface area contributed by atoms with Crippen LogP contribution in [0, 0.1) is 0 Å². The SMILES string of the molecule is CC(C)(N)C(=O)NCc1cc(Br)ccn1. The summed E-state index contributed by atoms with van der Waals surface area (Å²) in [7, 11) is 0. The van der Waals surface area contributed by atoms with Crippen molar-refractivity contribution in [2.24, 2.45) is 5.73 Å². The molecule has 0 unspecified atom stereocenters. The lowest BCUT2D eigenvalue weighted by molar-refractivity contribution is -0.125. The summed E-state index contributed by atoms with van der Waals surface area (Å²) in [6.45, 7) is 3.71. The summed E-state index contributed by atoms with van der Waals surface area (Å²) < 4.78 is 0.939. The number of rotatable bonds is 3. The fourth-order valence-electron chi connectivity index (χ4n) is 0.944. The summed E-state index contributed by atoms with van der Waals surface area (Å²) >= 11 is 3.33. The molecule has 0 saturated carbocycles. The standard InChI is InChI=1S/C10H14BrN3O/c1-10(2,12)9(15)14-6-8-5-7(11)3-4-13-8/h3-5H,6,12H2,1-2H3,(H,14,15). The summed E-state index contributed by atoms with van der Waals surface area (Å²) in [6, 6.07) is 3.68. The van der Waals surface area contributed by atoms with Gasteiger partial charge >= 0.3 is 0 Å². The number of carbonyl (C=O) groups excluding carboxylic acids is 1. The fraction of sp³-hybridized carbons (Fsp3) is 0.400. The van der Waals surface area contributed by atoms with Gasteiger partial charge < -0.3 is 11.1 Å². The van der Waals surface area contributed by atoms with Gasteiger partial charge in [-0.2, -0.15) is 0 Å². The molecular formula is C10H14BrN3O. The van der Waals surface area contributed by atoms with Crippen LogP contribution in [0.15, 0.2) is 22.8 Å². The molecule has 1 amide bonds. The maximum atomic E-state index is 11.4. The van der Waals surface area contributed by atoms with Crippen LogP contribution in [0.5, 0.6) is 0 Å². The molecular weight excluding hydrogens is 258 g/mol. The van der Waals surface area contributed by atoms with Crippen molar-refractivity contribution in [1.82, 2.24) is 10.3 Å². The van der Waals surface area contributed by atoms with Gasteiger partial charge in [-0.15, -0.1) is 0 Å². The molecule has 5 heteroatoms. The van der Waals surface area contributed by atoms with E-state index in [2.05, 4.69) is 26.2 Å². The Morgan fingerprint density at radius 1 is 1.67 bits per heavy atom. The zero-order chi connectivity index (χ0) is 11.5. The predicted octanol–water partition coefficient (Wildman–Crippen LogP) is 1.20. The minimum Gasteiger partial charge on any atom is -0.349 e. The van der Waals surface area contributed by atoms with Crippen LogP contribution in [0.25, 0.3) is 0 Å². The molecule has 15 heavy (non-hydrogen) atoms. The van der Waals surface area contributed by atoms with Crippen molar-refractivity contribution in [3.05, 3.63) is 28.5 Å². The fourth-order valence-corrected chi connectivity index (χ4v) is 1.33. The Morgan fingerprint density at radius 2 is 2.33 bits per heavy atom. The number of pyridine rings is 1. The van der Waals surface area contributed by atoms with Crippen LogP contribution in [-0.4, -0.2) is 16.4 Å². The highest BCUT2D eigenvalue weighted by molar-refractivity contribution is 9.10. The molecule has 0 radical (unpaired) electrons. The molecule has 1 aromatic heterocycles. The van der Waals surface area contributed by atoms with Crippen molar-refractivity contribution < 1.29 is 4.79 Å². The number of amides is 1. The molecule has 0 fully saturated rings. The van der Waals surface area contributed by atoms with Crippen LogP contribution in [0.4, 0.5) is 0 Å². The third-order valence-electron chi connectivity index (χ3n) is 1.79. The van der Waals surface area contributed by atoms with E-state index in [-0.39, 0.29) is 5.91 Å². The van der Waals surface area contributed by atoms with Crippen molar-refractivity contribution in [2.45, 2.75) is 25.9 Å². The summed E-state index contributed by atoms with van der Waals surface area (Å²) in [4.78, 5) is 15.6. The molecule has 4 nitrogen and oxygen atoms in total. The minimum absolute atomic E-state index is 0.190. The lowest BCUT2D eigenvalue weighted by atomic mass is 10.1. The number of nitrogens with two attached hydrogens (primary N) is 1. The van der Waals surface area contributed by atoms with Gasteiger partial charge in [0.25, 0.3) is 0 Å². The van der Waals surface area contributed by atoms with Gasteiger partial charge in [0, 0.05) is 10.7 Å². The second kappa shape index (κ2) is 4.72. The molecule has 0 bridgehead atoms. The molecule has 0 spiro atoms. The van der Waals surface area contributed by atoms with Gasteiger partial charge in [-0.25, -0.2) is 0 Å². The van der Waals surface area contributed by atoms with Crippen LogP contribution in [0.3, 0.4) is 0 Å². The van der Waals surface area contributed by atoms with E-state index in [1.165, 1.54) is 0 Å². The van der Waals surface area contributed by atoms with Crippen molar-refractivity contribution in [3.63, 3.8) is 0 Å². The topological polar surface area (TPSA) is 68.0 Å². The highest BCUT2D eigenvalue weighted by Crippen LogP contribution is 2.09. The highest BCUT2D eigenvalue weighted by atomic mass is 79.9. The first kappa shape index (κ1) is 12.1. The summed E-state index contributed by atoms with van der Waals surface area (Å²) in [6.07, 6.45) is 1.68. The number of carbonyl (C=O) groups is 1. The Labute approximate surface area is 97.4 Å². The zero-order valence-electron chi connectivity index (χ0n) is 8.75. The average Bonchev–Trinajstić information content (AvgIpc) is 2.12. The molecule has 3 N–H and O–H groups in total. The lowest BCUT2D eigenvalue weighted by Crippen LogP contribution is -2.48. The number of halogens is 1. The summed E-state index contributed by atoms with van der Waals surface area (Å²) in [5, 5.41) is 2.72.